The minimum Gasteiger partial charge on any atom is -0.370 e. The lowest BCUT2D eigenvalue weighted by molar-refractivity contribution is -0.140. The SMILES string of the molecule is [C-]#[N+]c1cnc2c(NC3CC3)nc(Nc3cc(C#N)cc(N4CCC5(CC4)CN(C(C)(C)C(N)=O)C5)c3Cl)nn12. The van der Waals surface area contributed by atoms with Gasteiger partial charge in [0.1, 0.15) is 0 Å². The molecule has 0 radical (unpaired) electrons. The maximum Gasteiger partial charge on any atom is 0.275 e. The maximum atomic E-state index is 11.9. The van der Waals surface area contributed by atoms with Gasteiger partial charge < -0.3 is 26.1 Å². The first-order chi connectivity index (χ1) is 19.1. The first-order valence-electron chi connectivity index (χ1n) is 13.3. The Labute approximate surface area is 236 Å². The minimum absolute atomic E-state index is 0.156. The Morgan fingerprint density at radius 3 is 2.65 bits per heavy atom. The van der Waals surface area contributed by atoms with Crippen molar-refractivity contribution in [3.63, 3.8) is 0 Å². The molecule has 206 valence electrons. The summed E-state index contributed by atoms with van der Waals surface area (Å²) in [5.41, 5.74) is 7.34. The van der Waals surface area contributed by atoms with Crippen molar-refractivity contribution < 1.29 is 4.79 Å². The van der Waals surface area contributed by atoms with Crippen LogP contribution in [0, 0.1) is 23.3 Å². The van der Waals surface area contributed by atoms with E-state index in [-0.39, 0.29) is 23.1 Å². The average molecular weight is 560 g/mol. The lowest BCUT2D eigenvalue weighted by Crippen LogP contribution is -2.68. The second kappa shape index (κ2) is 9.51. The van der Waals surface area contributed by atoms with Crippen molar-refractivity contribution in [1.82, 2.24) is 24.5 Å². The Kier molecular flexibility index (Phi) is 6.21. The van der Waals surface area contributed by atoms with Gasteiger partial charge in [-0.15, -0.1) is 4.52 Å². The summed E-state index contributed by atoms with van der Waals surface area (Å²) in [7, 11) is 0. The van der Waals surface area contributed by atoms with E-state index < -0.39 is 5.54 Å². The fourth-order valence-corrected chi connectivity index (χ4v) is 5.76. The molecule has 2 aromatic heterocycles. The molecule has 0 unspecified atom stereocenters. The van der Waals surface area contributed by atoms with Gasteiger partial charge in [0, 0.05) is 32.2 Å². The Morgan fingerprint density at radius 1 is 1.30 bits per heavy atom. The van der Waals surface area contributed by atoms with Crippen LogP contribution >= 0.6 is 11.6 Å². The second-order valence-corrected chi connectivity index (χ2v) is 11.9. The molecule has 12 nitrogen and oxygen atoms in total. The summed E-state index contributed by atoms with van der Waals surface area (Å²) in [6, 6.07) is 6.05. The molecule has 1 aromatic carbocycles. The van der Waals surface area contributed by atoms with Gasteiger partial charge in [0.2, 0.25) is 5.91 Å². The number of piperidine rings is 1. The van der Waals surface area contributed by atoms with Gasteiger partial charge in [-0.05, 0) is 57.1 Å². The van der Waals surface area contributed by atoms with Crippen molar-refractivity contribution >= 4 is 52.1 Å². The number of hydrogen-bond acceptors (Lipinski definition) is 9. The number of benzene rings is 1. The van der Waals surface area contributed by atoms with Gasteiger partial charge in [-0.1, -0.05) is 23.3 Å². The molecule has 1 spiro atoms. The highest BCUT2D eigenvalue weighted by Crippen LogP contribution is 2.46. The van der Waals surface area contributed by atoms with E-state index in [9.17, 15) is 10.1 Å². The topological polar surface area (TPSA) is 145 Å². The summed E-state index contributed by atoms with van der Waals surface area (Å²) in [6.45, 7) is 14.5. The second-order valence-electron chi connectivity index (χ2n) is 11.5. The van der Waals surface area contributed by atoms with Crippen LogP contribution in [0.25, 0.3) is 10.5 Å². The predicted molar refractivity (Wildman–Crippen MR) is 152 cm³/mol. The Bertz CT molecular complexity index is 1580. The molecule has 0 bridgehead atoms. The van der Waals surface area contributed by atoms with Gasteiger partial charge in [-0.3, -0.25) is 9.69 Å². The number of hydrogen-bond donors (Lipinski definition) is 3. The minimum atomic E-state index is -0.654. The van der Waals surface area contributed by atoms with Gasteiger partial charge in [0.05, 0.1) is 39.8 Å². The van der Waals surface area contributed by atoms with Crippen LogP contribution in [0.3, 0.4) is 0 Å². The van der Waals surface area contributed by atoms with Crippen LogP contribution in [0.4, 0.5) is 29.0 Å². The van der Waals surface area contributed by atoms with E-state index >= 15 is 0 Å². The number of amides is 1. The van der Waals surface area contributed by atoms with Crippen molar-refractivity contribution in [3.05, 3.63) is 40.3 Å². The lowest BCUT2D eigenvalue weighted by atomic mass is 9.70. The molecule has 0 atom stereocenters. The molecule has 1 saturated carbocycles. The molecule has 40 heavy (non-hydrogen) atoms. The third kappa shape index (κ3) is 4.53. The molecule has 6 rings (SSSR count). The number of fused-ring (bicyclic) bond motifs is 1. The zero-order valence-electron chi connectivity index (χ0n) is 22.4. The summed E-state index contributed by atoms with van der Waals surface area (Å²) < 4.78 is 1.46. The molecule has 1 amide bonds. The molecule has 3 aliphatic rings. The summed E-state index contributed by atoms with van der Waals surface area (Å²) in [6.07, 6.45) is 5.47. The number of carbonyl (C=O) groups is 1. The van der Waals surface area contributed by atoms with Crippen molar-refractivity contribution in [2.45, 2.75) is 51.1 Å². The van der Waals surface area contributed by atoms with E-state index in [4.69, 9.17) is 23.9 Å². The highest BCUT2D eigenvalue weighted by Gasteiger charge is 2.51. The monoisotopic (exact) mass is 559 g/mol. The number of imidazole rings is 1. The standard InChI is InChI=1S/C27H30ClN11O/c1-26(2,24(30)40)38-14-27(15-38)6-8-37(9-7-27)19-11-16(12-29)10-18(21(19)28)34-25-35-22(33-17-4-5-17)23-32-13-20(31-3)39(23)36-25/h10-11,13,17H,4-9,14-15H2,1-2H3,(H2,30,40)(H2,33,34,35,36). The van der Waals surface area contributed by atoms with Gasteiger partial charge >= 0.3 is 0 Å². The fraction of sp³-hybridized carbons (Fsp3) is 0.481. The maximum absolute atomic E-state index is 11.9. The largest absolute Gasteiger partial charge is 0.370 e. The first kappa shape index (κ1) is 26.1. The van der Waals surface area contributed by atoms with Crippen molar-refractivity contribution in [3.8, 4) is 6.07 Å². The van der Waals surface area contributed by atoms with Crippen molar-refractivity contribution in [2.75, 3.05) is 41.7 Å². The highest BCUT2D eigenvalue weighted by molar-refractivity contribution is 6.36. The van der Waals surface area contributed by atoms with Gasteiger partial charge in [0.15, 0.2) is 5.82 Å². The molecule has 1 aliphatic carbocycles. The number of likely N-dealkylation sites (tertiary alicyclic amines) is 1. The van der Waals surface area contributed by atoms with E-state index in [0.717, 1.165) is 57.5 Å². The molecular formula is C27H30ClN11O. The van der Waals surface area contributed by atoms with Crippen molar-refractivity contribution in [1.29, 1.82) is 5.26 Å². The van der Waals surface area contributed by atoms with E-state index in [0.29, 0.717) is 33.8 Å². The molecule has 3 fully saturated rings. The van der Waals surface area contributed by atoms with Crippen LogP contribution in [-0.4, -0.2) is 68.1 Å². The number of nitrogens with one attached hydrogen (secondary N) is 2. The third-order valence-corrected chi connectivity index (χ3v) is 8.81. The summed E-state index contributed by atoms with van der Waals surface area (Å²) in [5.74, 6) is 0.744. The molecule has 4 N–H and O–H groups in total. The van der Waals surface area contributed by atoms with Gasteiger partial charge in [-0.25, -0.2) is 4.98 Å². The average Bonchev–Trinajstić information content (AvgIpc) is 3.64. The van der Waals surface area contributed by atoms with E-state index in [1.165, 1.54) is 10.7 Å². The summed E-state index contributed by atoms with van der Waals surface area (Å²) in [4.78, 5) is 28.7. The van der Waals surface area contributed by atoms with E-state index in [1.807, 2.05) is 19.9 Å². The number of primary amides is 1. The molecule has 2 aliphatic heterocycles. The van der Waals surface area contributed by atoms with Crippen molar-refractivity contribution in [2.24, 2.45) is 11.1 Å². The summed E-state index contributed by atoms with van der Waals surface area (Å²) >= 11 is 6.94. The molecule has 13 heteroatoms. The molecular weight excluding hydrogens is 530 g/mol. The number of nitriles is 1. The fourth-order valence-electron chi connectivity index (χ4n) is 5.48. The number of aromatic nitrogens is 4. The third-order valence-electron chi connectivity index (χ3n) is 8.42. The zero-order chi connectivity index (χ0) is 28.2. The quantitative estimate of drug-likeness (QED) is 0.369. The Morgan fingerprint density at radius 2 is 2.02 bits per heavy atom. The number of anilines is 4. The summed E-state index contributed by atoms with van der Waals surface area (Å²) in [5, 5.41) is 21.3. The van der Waals surface area contributed by atoms with E-state index in [1.54, 1.807) is 6.07 Å². The molecule has 4 heterocycles. The lowest BCUT2D eigenvalue weighted by Gasteiger charge is -2.58. The number of halogens is 1. The number of carbonyl (C=O) groups excluding carboxylic acids is 1. The van der Waals surface area contributed by atoms with Gasteiger partial charge in [0.25, 0.3) is 17.4 Å². The van der Waals surface area contributed by atoms with Crippen LogP contribution in [-0.2, 0) is 4.79 Å². The molecule has 2 saturated heterocycles. The van der Waals surface area contributed by atoms with Crippen LogP contribution in [0.1, 0.15) is 45.1 Å². The zero-order valence-corrected chi connectivity index (χ0v) is 23.2. The van der Waals surface area contributed by atoms with Crippen LogP contribution < -0.4 is 21.3 Å². The normalized spacial score (nSPS) is 18.7. The first-order valence-corrected chi connectivity index (χ1v) is 13.7. The smallest absolute Gasteiger partial charge is 0.275 e. The Hall–Kier alpha value is -4.13. The number of nitrogens with two attached hydrogens (primary N) is 1. The highest BCUT2D eigenvalue weighted by atomic mass is 35.5. The van der Waals surface area contributed by atoms with Crippen LogP contribution in [0.15, 0.2) is 18.3 Å². The Balaban J connectivity index is 1.24. The number of nitrogens with zero attached hydrogens (tertiary/aromatic N) is 8. The van der Waals surface area contributed by atoms with Crippen LogP contribution in [0.2, 0.25) is 5.02 Å². The van der Waals surface area contributed by atoms with Gasteiger partial charge in [-0.2, -0.15) is 10.2 Å². The van der Waals surface area contributed by atoms with E-state index in [2.05, 4.69) is 46.4 Å². The predicted octanol–water partition coefficient (Wildman–Crippen LogP) is 3.68. The van der Waals surface area contributed by atoms with Crippen LogP contribution in [0.5, 0.6) is 0 Å². The number of rotatable bonds is 7. The molecule has 3 aromatic rings.